The average molecular weight is 362 g/mol. The Kier molecular flexibility index (Phi) is 4.56. The Labute approximate surface area is 149 Å². The molecule has 8 heteroatoms. The van der Waals surface area contributed by atoms with Gasteiger partial charge in [-0.1, -0.05) is 23.2 Å². The molecule has 0 aliphatic carbocycles. The van der Waals surface area contributed by atoms with Crippen LogP contribution < -0.4 is 4.90 Å². The molecule has 0 N–H and O–H groups in total. The van der Waals surface area contributed by atoms with Crippen LogP contribution in [-0.2, 0) is 0 Å². The third-order valence-corrected chi connectivity index (χ3v) is 4.36. The van der Waals surface area contributed by atoms with Crippen LogP contribution in [-0.4, -0.2) is 47.0 Å². The van der Waals surface area contributed by atoms with E-state index in [-0.39, 0.29) is 17.6 Å². The number of likely N-dealkylation sites (N-methyl/N-ethyl adjacent to an activating group) is 1. The summed E-state index contributed by atoms with van der Waals surface area (Å²) in [5.41, 5.74) is 0.734. The van der Waals surface area contributed by atoms with Crippen LogP contribution in [0.25, 0.3) is 0 Å². The molecular weight excluding hydrogens is 349 g/mol. The lowest BCUT2D eigenvalue weighted by Gasteiger charge is -2.44. The molecule has 2 heterocycles. The first kappa shape index (κ1) is 16.5. The van der Waals surface area contributed by atoms with E-state index in [1.54, 1.807) is 36.3 Å². The van der Waals surface area contributed by atoms with E-state index in [0.717, 1.165) is 0 Å². The van der Waals surface area contributed by atoms with Crippen molar-refractivity contribution in [1.29, 1.82) is 5.26 Å². The summed E-state index contributed by atoms with van der Waals surface area (Å²) >= 11 is 11.9. The molecule has 0 atom stereocenters. The van der Waals surface area contributed by atoms with E-state index in [4.69, 9.17) is 28.5 Å². The number of halogens is 2. The molecule has 3 rings (SSSR count). The molecule has 1 amide bonds. The van der Waals surface area contributed by atoms with Crippen LogP contribution in [0.5, 0.6) is 0 Å². The third-order valence-electron chi connectivity index (χ3n) is 3.92. The maximum atomic E-state index is 12.6. The number of carbonyl (C=O) groups excluding carboxylic acids is 1. The molecule has 1 aliphatic rings. The number of nitriles is 1. The second-order valence-electron chi connectivity index (χ2n) is 5.47. The van der Waals surface area contributed by atoms with Crippen LogP contribution in [0.3, 0.4) is 0 Å². The van der Waals surface area contributed by atoms with Crippen LogP contribution in [0.4, 0.5) is 5.82 Å². The van der Waals surface area contributed by atoms with Gasteiger partial charge in [0.2, 0.25) is 0 Å². The van der Waals surface area contributed by atoms with Crippen LogP contribution in [0, 0.1) is 11.3 Å². The quantitative estimate of drug-likeness (QED) is 0.839. The van der Waals surface area contributed by atoms with Crippen molar-refractivity contribution in [2.45, 2.75) is 6.04 Å². The van der Waals surface area contributed by atoms with Gasteiger partial charge in [-0.2, -0.15) is 5.26 Å². The number of amides is 1. The lowest BCUT2D eigenvalue weighted by Crippen LogP contribution is -2.60. The highest BCUT2D eigenvalue weighted by Crippen LogP contribution is 2.25. The Morgan fingerprint density at radius 2 is 1.88 bits per heavy atom. The summed E-state index contributed by atoms with van der Waals surface area (Å²) < 4.78 is 0. The van der Waals surface area contributed by atoms with E-state index >= 15 is 0 Å². The van der Waals surface area contributed by atoms with Crippen molar-refractivity contribution in [2.75, 3.05) is 25.0 Å². The predicted octanol–water partition coefficient (Wildman–Crippen LogP) is 2.62. The number of benzene rings is 1. The fraction of sp³-hybridized carbons (Fsp3) is 0.250. The molecule has 122 valence electrons. The van der Waals surface area contributed by atoms with Crippen LogP contribution in [0.15, 0.2) is 30.6 Å². The molecule has 1 aromatic carbocycles. The highest BCUT2D eigenvalue weighted by Gasteiger charge is 2.35. The summed E-state index contributed by atoms with van der Waals surface area (Å²) in [7, 11) is 1.74. The van der Waals surface area contributed by atoms with E-state index in [1.807, 2.05) is 11.0 Å². The third kappa shape index (κ3) is 3.14. The standard InChI is InChI=1S/C16H13Cl2N5O/c1-22(16(24)10-4-11(17)6-12(18)5-10)13-8-23(9-13)15-14(7-19)20-2-3-21-15/h2-6,13H,8-9H2,1H3. The zero-order chi connectivity index (χ0) is 17.3. The molecular formula is C16H13Cl2N5O. The van der Waals surface area contributed by atoms with E-state index in [1.165, 1.54) is 6.20 Å². The average Bonchev–Trinajstić information content (AvgIpc) is 2.52. The molecule has 2 aromatic rings. The van der Waals surface area contributed by atoms with Gasteiger partial charge in [0.1, 0.15) is 6.07 Å². The Morgan fingerprint density at radius 3 is 2.50 bits per heavy atom. The first-order valence-corrected chi connectivity index (χ1v) is 7.94. The highest BCUT2D eigenvalue weighted by atomic mass is 35.5. The number of aromatic nitrogens is 2. The summed E-state index contributed by atoms with van der Waals surface area (Å²) in [6.07, 6.45) is 3.03. The summed E-state index contributed by atoms with van der Waals surface area (Å²) in [4.78, 5) is 24.3. The molecule has 6 nitrogen and oxygen atoms in total. The topological polar surface area (TPSA) is 73.1 Å². The van der Waals surface area contributed by atoms with Gasteiger partial charge in [0, 0.05) is 48.1 Å². The van der Waals surface area contributed by atoms with Crippen molar-refractivity contribution in [3.05, 3.63) is 51.9 Å². The Hall–Kier alpha value is -2.36. The van der Waals surface area contributed by atoms with Gasteiger partial charge in [-0.05, 0) is 18.2 Å². The minimum atomic E-state index is -0.149. The lowest BCUT2D eigenvalue weighted by molar-refractivity contribution is 0.0705. The zero-order valence-electron chi connectivity index (χ0n) is 12.8. The minimum absolute atomic E-state index is 0.0174. The molecule has 0 radical (unpaired) electrons. The molecule has 0 saturated carbocycles. The van der Waals surface area contributed by atoms with Gasteiger partial charge in [0.05, 0.1) is 6.04 Å². The largest absolute Gasteiger partial charge is 0.350 e. The molecule has 0 bridgehead atoms. The zero-order valence-corrected chi connectivity index (χ0v) is 14.3. The number of anilines is 1. The Bertz CT molecular complexity index is 809. The van der Waals surface area contributed by atoms with E-state index in [9.17, 15) is 4.79 Å². The van der Waals surface area contributed by atoms with Crippen molar-refractivity contribution < 1.29 is 4.79 Å². The summed E-state index contributed by atoms with van der Waals surface area (Å²) in [6, 6.07) is 6.82. The minimum Gasteiger partial charge on any atom is -0.350 e. The van der Waals surface area contributed by atoms with Crippen molar-refractivity contribution in [1.82, 2.24) is 14.9 Å². The molecule has 1 aromatic heterocycles. The molecule has 1 aliphatic heterocycles. The van der Waals surface area contributed by atoms with Crippen molar-refractivity contribution >= 4 is 34.9 Å². The molecule has 0 spiro atoms. The number of nitrogens with zero attached hydrogens (tertiary/aromatic N) is 5. The monoisotopic (exact) mass is 361 g/mol. The second kappa shape index (κ2) is 6.63. The first-order chi connectivity index (χ1) is 11.5. The molecule has 0 unspecified atom stereocenters. The smallest absolute Gasteiger partial charge is 0.254 e. The number of carbonyl (C=O) groups is 1. The van der Waals surface area contributed by atoms with Gasteiger partial charge in [0.15, 0.2) is 11.5 Å². The van der Waals surface area contributed by atoms with Crippen LogP contribution in [0.1, 0.15) is 16.1 Å². The number of hydrogen-bond donors (Lipinski definition) is 0. The summed E-state index contributed by atoms with van der Waals surface area (Å²) in [5, 5.41) is 9.93. The number of rotatable bonds is 3. The fourth-order valence-electron chi connectivity index (χ4n) is 2.56. The van der Waals surface area contributed by atoms with Gasteiger partial charge >= 0.3 is 0 Å². The predicted molar refractivity (Wildman–Crippen MR) is 91.3 cm³/mol. The summed E-state index contributed by atoms with van der Waals surface area (Å²) in [5.74, 6) is 0.395. The van der Waals surface area contributed by atoms with E-state index in [0.29, 0.717) is 34.5 Å². The van der Waals surface area contributed by atoms with Gasteiger partial charge in [0.25, 0.3) is 5.91 Å². The van der Waals surface area contributed by atoms with Crippen molar-refractivity contribution in [3.8, 4) is 6.07 Å². The normalized spacial score (nSPS) is 14.0. The van der Waals surface area contributed by atoms with Crippen LogP contribution in [0.2, 0.25) is 10.0 Å². The van der Waals surface area contributed by atoms with Gasteiger partial charge in [-0.3, -0.25) is 4.79 Å². The van der Waals surface area contributed by atoms with Gasteiger partial charge in [-0.15, -0.1) is 0 Å². The van der Waals surface area contributed by atoms with Crippen LogP contribution >= 0.6 is 23.2 Å². The van der Waals surface area contributed by atoms with Crippen molar-refractivity contribution in [2.24, 2.45) is 0 Å². The summed E-state index contributed by atoms with van der Waals surface area (Å²) in [6.45, 7) is 1.17. The molecule has 1 saturated heterocycles. The lowest BCUT2D eigenvalue weighted by atomic mass is 10.1. The number of hydrogen-bond acceptors (Lipinski definition) is 5. The SMILES string of the molecule is CN(C(=O)c1cc(Cl)cc(Cl)c1)C1CN(c2nccnc2C#N)C1. The van der Waals surface area contributed by atoms with Crippen molar-refractivity contribution in [3.63, 3.8) is 0 Å². The highest BCUT2D eigenvalue weighted by molar-refractivity contribution is 6.35. The van der Waals surface area contributed by atoms with E-state index in [2.05, 4.69) is 9.97 Å². The maximum Gasteiger partial charge on any atom is 0.254 e. The fourth-order valence-corrected chi connectivity index (χ4v) is 3.09. The molecule has 1 fully saturated rings. The van der Waals surface area contributed by atoms with Gasteiger partial charge < -0.3 is 9.80 Å². The first-order valence-electron chi connectivity index (χ1n) is 7.19. The Morgan fingerprint density at radius 1 is 1.25 bits per heavy atom. The van der Waals surface area contributed by atoms with Gasteiger partial charge in [-0.25, -0.2) is 9.97 Å². The Balaban J connectivity index is 1.69. The maximum absolute atomic E-state index is 12.6. The molecule has 24 heavy (non-hydrogen) atoms. The second-order valence-corrected chi connectivity index (χ2v) is 6.35. The van der Waals surface area contributed by atoms with E-state index < -0.39 is 0 Å².